The third-order valence-corrected chi connectivity index (χ3v) is 5.32. The molecule has 0 bridgehead atoms. The molecule has 2 heterocycles. The Morgan fingerprint density at radius 3 is 2.53 bits per heavy atom. The van der Waals surface area contributed by atoms with Crippen LogP contribution in [-0.2, 0) is 7.05 Å². The minimum absolute atomic E-state index is 0.154. The molecule has 1 atom stereocenters. The molecule has 7 nitrogen and oxygen atoms in total. The third kappa shape index (κ3) is 3.54. The van der Waals surface area contributed by atoms with E-state index >= 15 is 0 Å². The topological polar surface area (TPSA) is 84.8 Å². The molecule has 0 radical (unpaired) electrons. The van der Waals surface area contributed by atoms with E-state index in [1.807, 2.05) is 60.1 Å². The molecule has 0 aliphatic heterocycles. The summed E-state index contributed by atoms with van der Waals surface area (Å²) in [5.74, 6) is 1.54. The van der Waals surface area contributed by atoms with Gasteiger partial charge in [0.2, 0.25) is 0 Å². The van der Waals surface area contributed by atoms with E-state index < -0.39 is 0 Å². The standard InChI is InChI=1S/C23H25N5O2/c1-14(2)20(22-25-18-7-5-6-8-19(18)28(22)3)26-23(29)17-13-24-27-21(17)15-9-11-16(30-4)12-10-15/h5-14,20H,1-4H3,(H,24,27)(H,26,29)/t20-/m0/s1. The summed E-state index contributed by atoms with van der Waals surface area (Å²) in [7, 11) is 3.60. The second-order valence-electron chi connectivity index (χ2n) is 7.60. The molecule has 0 saturated heterocycles. The van der Waals surface area contributed by atoms with E-state index in [0.29, 0.717) is 11.3 Å². The number of rotatable bonds is 6. The number of H-pyrrole nitrogens is 1. The largest absolute Gasteiger partial charge is 0.497 e. The highest BCUT2D eigenvalue weighted by Crippen LogP contribution is 2.27. The number of amides is 1. The van der Waals surface area contributed by atoms with Crippen molar-refractivity contribution in [3.8, 4) is 17.0 Å². The Bertz CT molecular complexity index is 1170. The van der Waals surface area contributed by atoms with Crippen LogP contribution < -0.4 is 10.1 Å². The van der Waals surface area contributed by atoms with Crippen molar-refractivity contribution in [2.45, 2.75) is 19.9 Å². The molecule has 4 aromatic rings. The summed E-state index contributed by atoms with van der Waals surface area (Å²) in [5.41, 5.74) is 3.97. The number of aromatic amines is 1. The van der Waals surface area contributed by atoms with Crippen LogP contribution in [0.4, 0.5) is 0 Å². The number of imidazole rings is 1. The molecule has 0 aliphatic carbocycles. The number of carbonyl (C=O) groups excluding carboxylic acids is 1. The van der Waals surface area contributed by atoms with Gasteiger partial charge < -0.3 is 14.6 Å². The van der Waals surface area contributed by atoms with Crippen molar-refractivity contribution >= 4 is 16.9 Å². The number of methoxy groups -OCH3 is 1. The zero-order valence-corrected chi connectivity index (χ0v) is 17.5. The Hall–Kier alpha value is -3.61. The fraction of sp³-hybridized carbons (Fsp3) is 0.261. The van der Waals surface area contributed by atoms with Gasteiger partial charge in [-0.25, -0.2) is 4.98 Å². The van der Waals surface area contributed by atoms with Gasteiger partial charge in [-0.2, -0.15) is 5.10 Å². The summed E-state index contributed by atoms with van der Waals surface area (Å²) < 4.78 is 7.26. The van der Waals surface area contributed by atoms with Crippen molar-refractivity contribution < 1.29 is 9.53 Å². The first-order valence-corrected chi connectivity index (χ1v) is 9.89. The van der Waals surface area contributed by atoms with E-state index in [9.17, 15) is 4.79 Å². The van der Waals surface area contributed by atoms with Crippen molar-refractivity contribution in [2.75, 3.05) is 7.11 Å². The molecule has 0 aliphatic rings. The number of para-hydroxylation sites is 2. The molecular formula is C23H25N5O2. The quantitative estimate of drug-likeness (QED) is 0.508. The molecular weight excluding hydrogens is 378 g/mol. The summed E-state index contributed by atoms with van der Waals surface area (Å²) in [4.78, 5) is 18.0. The maximum atomic E-state index is 13.2. The van der Waals surface area contributed by atoms with E-state index in [2.05, 4.69) is 29.4 Å². The number of nitrogens with zero attached hydrogens (tertiary/aromatic N) is 3. The lowest BCUT2D eigenvalue weighted by Gasteiger charge is -2.22. The Morgan fingerprint density at radius 1 is 1.13 bits per heavy atom. The van der Waals surface area contributed by atoms with E-state index in [1.165, 1.54) is 0 Å². The second kappa shape index (κ2) is 8.02. The van der Waals surface area contributed by atoms with Gasteiger partial charge in [0.05, 0.1) is 41.6 Å². The van der Waals surface area contributed by atoms with Crippen molar-refractivity contribution in [2.24, 2.45) is 13.0 Å². The predicted molar refractivity (Wildman–Crippen MR) is 116 cm³/mol. The minimum Gasteiger partial charge on any atom is -0.497 e. The van der Waals surface area contributed by atoms with Crippen molar-refractivity contribution in [1.82, 2.24) is 25.1 Å². The van der Waals surface area contributed by atoms with E-state index in [0.717, 1.165) is 28.2 Å². The van der Waals surface area contributed by atoms with Crippen molar-refractivity contribution in [1.29, 1.82) is 0 Å². The average Bonchev–Trinajstić information content (AvgIpc) is 3.37. The van der Waals surface area contributed by atoms with Crippen LogP contribution >= 0.6 is 0 Å². The van der Waals surface area contributed by atoms with Gasteiger partial charge in [-0.1, -0.05) is 26.0 Å². The van der Waals surface area contributed by atoms with Gasteiger partial charge in [-0.3, -0.25) is 9.89 Å². The molecule has 7 heteroatoms. The molecule has 2 aromatic heterocycles. The number of fused-ring (bicyclic) bond motifs is 1. The minimum atomic E-state index is -0.242. The van der Waals surface area contributed by atoms with Crippen LogP contribution in [0.3, 0.4) is 0 Å². The predicted octanol–water partition coefficient (Wildman–Crippen LogP) is 4.10. The maximum absolute atomic E-state index is 13.2. The highest BCUT2D eigenvalue weighted by molar-refractivity contribution is 6.00. The van der Waals surface area contributed by atoms with Gasteiger partial charge in [0, 0.05) is 12.6 Å². The normalized spacial score (nSPS) is 12.3. The first-order chi connectivity index (χ1) is 14.5. The Kier molecular flexibility index (Phi) is 5.27. The lowest BCUT2D eigenvalue weighted by Crippen LogP contribution is -2.33. The fourth-order valence-electron chi connectivity index (χ4n) is 3.63. The molecule has 154 valence electrons. The number of aryl methyl sites for hydroxylation is 1. The summed E-state index contributed by atoms with van der Waals surface area (Å²) in [5, 5.41) is 10.2. The Morgan fingerprint density at radius 2 is 1.87 bits per heavy atom. The van der Waals surface area contributed by atoms with Crippen molar-refractivity contribution in [3.63, 3.8) is 0 Å². The highest BCUT2D eigenvalue weighted by Gasteiger charge is 2.26. The van der Waals surface area contributed by atoms with Gasteiger partial charge in [0.25, 0.3) is 5.91 Å². The number of aromatic nitrogens is 4. The van der Waals surface area contributed by atoms with Crippen molar-refractivity contribution in [3.05, 3.63) is 66.1 Å². The molecule has 0 fully saturated rings. The summed E-state index contributed by atoms with van der Waals surface area (Å²) in [6.07, 6.45) is 1.56. The third-order valence-electron chi connectivity index (χ3n) is 5.32. The monoisotopic (exact) mass is 403 g/mol. The zero-order chi connectivity index (χ0) is 21.3. The number of hydrogen-bond acceptors (Lipinski definition) is 4. The average molecular weight is 403 g/mol. The number of carbonyl (C=O) groups is 1. The molecule has 1 amide bonds. The maximum Gasteiger partial charge on any atom is 0.255 e. The lowest BCUT2D eigenvalue weighted by atomic mass is 10.0. The van der Waals surface area contributed by atoms with Crippen LogP contribution in [0.5, 0.6) is 5.75 Å². The second-order valence-corrected chi connectivity index (χ2v) is 7.60. The Balaban J connectivity index is 1.65. The molecule has 0 spiro atoms. The molecule has 4 rings (SSSR count). The Labute approximate surface area is 175 Å². The van der Waals surface area contributed by atoms with Gasteiger partial charge in [-0.05, 0) is 42.3 Å². The summed E-state index contributed by atoms with van der Waals surface area (Å²) in [6.45, 7) is 4.15. The fourth-order valence-corrected chi connectivity index (χ4v) is 3.63. The lowest BCUT2D eigenvalue weighted by molar-refractivity contribution is 0.0923. The highest BCUT2D eigenvalue weighted by atomic mass is 16.5. The van der Waals surface area contributed by atoms with Crippen LogP contribution in [0.2, 0.25) is 0 Å². The van der Waals surface area contributed by atoms with E-state index in [4.69, 9.17) is 9.72 Å². The SMILES string of the molecule is COc1ccc(-c2[nH]ncc2C(=O)N[C@H](c2nc3ccccc3n2C)C(C)C)cc1. The molecule has 0 saturated carbocycles. The van der Waals surface area contributed by atoms with E-state index in [-0.39, 0.29) is 17.9 Å². The number of hydrogen-bond donors (Lipinski definition) is 2. The first kappa shape index (κ1) is 19.7. The van der Waals surface area contributed by atoms with Crippen LogP contribution in [0, 0.1) is 5.92 Å². The van der Waals surface area contributed by atoms with Crippen LogP contribution in [0.25, 0.3) is 22.3 Å². The van der Waals surface area contributed by atoms with Crippen LogP contribution in [0.15, 0.2) is 54.7 Å². The summed E-state index contributed by atoms with van der Waals surface area (Å²) >= 11 is 0. The van der Waals surface area contributed by atoms with Gasteiger partial charge in [0.1, 0.15) is 11.6 Å². The number of ether oxygens (including phenoxy) is 1. The van der Waals surface area contributed by atoms with Crippen LogP contribution in [0.1, 0.15) is 36.1 Å². The molecule has 30 heavy (non-hydrogen) atoms. The van der Waals surface area contributed by atoms with Crippen LogP contribution in [-0.4, -0.2) is 32.8 Å². The van der Waals surface area contributed by atoms with Gasteiger partial charge in [0.15, 0.2) is 0 Å². The van der Waals surface area contributed by atoms with Gasteiger partial charge in [-0.15, -0.1) is 0 Å². The molecule has 2 aromatic carbocycles. The van der Waals surface area contributed by atoms with E-state index in [1.54, 1.807) is 13.3 Å². The zero-order valence-electron chi connectivity index (χ0n) is 17.5. The summed E-state index contributed by atoms with van der Waals surface area (Å²) in [6, 6.07) is 15.2. The molecule has 0 unspecified atom stereocenters. The smallest absolute Gasteiger partial charge is 0.255 e. The number of nitrogens with one attached hydrogen (secondary N) is 2. The van der Waals surface area contributed by atoms with Gasteiger partial charge >= 0.3 is 0 Å². The first-order valence-electron chi connectivity index (χ1n) is 9.89. The molecule has 2 N–H and O–H groups in total. The number of benzene rings is 2.